The number of benzene rings is 1. The van der Waals surface area contributed by atoms with Crippen molar-refractivity contribution in [2.75, 3.05) is 6.61 Å². The maximum atomic E-state index is 9.45. The van der Waals surface area contributed by atoms with Crippen molar-refractivity contribution in [1.82, 2.24) is 0 Å². The Bertz CT molecular complexity index is 315. The minimum Gasteiger partial charge on any atom is -0.491 e. The second-order valence-electron chi connectivity index (χ2n) is 3.93. The number of aliphatic hydroxyl groups excluding tert-OH is 1. The third kappa shape index (κ3) is 3.51. The van der Waals surface area contributed by atoms with Gasteiger partial charge in [-0.25, -0.2) is 0 Å². The van der Waals surface area contributed by atoms with Crippen molar-refractivity contribution in [1.29, 1.82) is 0 Å². The Labute approximate surface area is 97.2 Å². The molecule has 3 N–H and O–H groups in total. The molecule has 0 aromatic heterocycles. The summed E-state index contributed by atoms with van der Waals surface area (Å²) in [6.07, 6.45) is 1.16. The summed E-state index contributed by atoms with van der Waals surface area (Å²) < 4.78 is 5.58. The predicted octanol–water partition coefficient (Wildman–Crippen LogP) is 2.25. The molecule has 0 spiro atoms. The summed E-state index contributed by atoms with van der Waals surface area (Å²) in [7, 11) is 0. The molecule has 0 bridgehead atoms. The third-order valence-corrected chi connectivity index (χ3v) is 2.66. The van der Waals surface area contributed by atoms with Gasteiger partial charge in [-0.05, 0) is 18.9 Å². The molecule has 90 valence electrons. The minimum atomic E-state index is -0.411. The molecule has 1 aromatic carbocycles. The molecule has 0 aliphatic carbocycles. The molecule has 3 heteroatoms. The van der Waals surface area contributed by atoms with E-state index < -0.39 is 6.10 Å². The monoisotopic (exact) mass is 223 g/mol. The van der Waals surface area contributed by atoms with Crippen molar-refractivity contribution in [3.63, 3.8) is 0 Å². The fourth-order valence-corrected chi connectivity index (χ4v) is 1.44. The summed E-state index contributed by atoms with van der Waals surface area (Å²) in [6, 6.07) is 7.73. The van der Waals surface area contributed by atoms with Crippen LogP contribution in [0.4, 0.5) is 0 Å². The van der Waals surface area contributed by atoms with Crippen LogP contribution in [0.3, 0.4) is 0 Å². The van der Waals surface area contributed by atoms with Crippen LogP contribution in [0.15, 0.2) is 24.3 Å². The van der Waals surface area contributed by atoms with E-state index in [0.717, 1.165) is 17.7 Å². The fraction of sp³-hybridized carbons (Fsp3) is 0.538. The molecule has 0 aliphatic heterocycles. The first-order valence-electron chi connectivity index (χ1n) is 5.84. The van der Waals surface area contributed by atoms with E-state index in [0.29, 0.717) is 13.0 Å². The van der Waals surface area contributed by atoms with Gasteiger partial charge >= 0.3 is 0 Å². The molecule has 1 unspecified atom stereocenters. The van der Waals surface area contributed by atoms with Crippen molar-refractivity contribution >= 4 is 0 Å². The van der Waals surface area contributed by atoms with Crippen LogP contribution in [0.25, 0.3) is 0 Å². The summed E-state index contributed by atoms with van der Waals surface area (Å²) in [5.74, 6) is 0.782. The van der Waals surface area contributed by atoms with Gasteiger partial charge in [-0.1, -0.05) is 32.0 Å². The number of para-hydroxylation sites is 1. The molecular formula is C13H21NO2. The standard InChI is InChI=1S/C13H21NO2/c1-3-10(15)9-16-13-8-6-5-7-11(13)12(14)4-2/h5-8,10,12,15H,3-4,9,14H2,1-2H3/t10?,12-/m1/s1. The SMILES string of the molecule is CCC(O)COc1ccccc1[C@H](N)CC. The highest BCUT2D eigenvalue weighted by atomic mass is 16.5. The normalized spacial score (nSPS) is 14.5. The van der Waals surface area contributed by atoms with Crippen LogP contribution in [0.2, 0.25) is 0 Å². The quantitative estimate of drug-likeness (QED) is 0.777. The molecule has 0 saturated heterocycles. The van der Waals surface area contributed by atoms with Gasteiger partial charge in [0.25, 0.3) is 0 Å². The van der Waals surface area contributed by atoms with Crippen molar-refractivity contribution in [3.8, 4) is 5.75 Å². The fourth-order valence-electron chi connectivity index (χ4n) is 1.44. The molecule has 0 heterocycles. The van der Waals surface area contributed by atoms with Gasteiger partial charge in [0.2, 0.25) is 0 Å². The highest BCUT2D eigenvalue weighted by Crippen LogP contribution is 2.25. The van der Waals surface area contributed by atoms with Crippen LogP contribution < -0.4 is 10.5 Å². The van der Waals surface area contributed by atoms with Crippen molar-refractivity contribution in [2.24, 2.45) is 5.73 Å². The highest BCUT2D eigenvalue weighted by Gasteiger charge is 2.10. The van der Waals surface area contributed by atoms with E-state index in [1.165, 1.54) is 0 Å². The Balaban J connectivity index is 2.71. The maximum absolute atomic E-state index is 9.45. The first-order chi connectivity index (χ1) is 7.69. The van der Waals surface area contributed by atoms with Gasteiger partial charge in [-0.3, -0.25) is 0 Å². The number of nitrogens with two attached hydrogens (primary N) is 1. The van der Waals surface area contributed by atoms with Crippen molar-refractivity contribution in [2.45, 2.75) is 38.8 Å². The van der Waals surface area contributed by atoms with Gasteiger partial charge < -0.3 is 15.6 Å². The lowest BCUT2D eigenvalue weighted by molar-refractivity contribution is 0.103. The zero-order chi connectivity index (χ0) is 12.0. The largest absolute Gasteiger partial charge is 0.491 e. The van der Waals surface area contributed by atoms with E-state index in [9.17, 15) is 5.11 Å². The van der Waals surface area contributed by atoms with Gasteiger partial charge in [-0.15, -0.1) is 0 Å². The topological polar surface area (TPSA) is 55.5 Å². The molecule has 2 atom stereocenters. The number of rotatable bonds is 6. The van der Waals surface area contributed by atoms with Crippen molar-refractivity contribution in [3.05, 3.63) is 29.8 Å². The number of ether oxygens (including phenoxy) is 1. The van der Waals surface area contributed by atoms with E-state index in [1.807, 2.05) is 38.1 Å². The lowest BCUT2D eigenvalue weighted by atomic mass is 10.0. The number of hydrogen-bond acceptors (Lipinski definition) is 3. The average molecular weight is 223 g/mol. The Hall–Kier alpha value is -1.06. The molecule has 16 heavy (non-hydrogen) atoms. The molecule has 1 rings (SSSR count). The third-order valence-electron chi connectivity index (χ3n) is 2.66. The second-order valence-corrected chi connectivity index (χ2v) is 3.93. The lowest BCUT2D eigenvalue weighted by Gasteiger charge is -2.17. The van der Waals surface area contributed by atoms with Crippen LogP contribution in [0.1, 0.15) is 38.3 Å². The van der Waals surface area contributed by atoms with E-state index >= 15 is 0 Å². The van der Waals surface area contributed by atoms with Crippen LogP contribution in [-0.4, -0.2) is 17.8 Å². The van der Waals surface area contributed by atoms with Gasteiger partial charge in [0.1, 0.15) is 12.4 Å². The molecular weight excluding hydrogens is 202 g/mol. The second kappa shape index (κ2) is 6.51. The Morgan fingerprint density at radius 3 is 2.56 bits per heavy atom. The van der Waals surface area contributed by atoms with Gasteiger partial charge in [-0.2, -0.15) is 0 Å². The van der Waals surface area contributed by atoms with Crippen LogP contribution >= 0.6 is 0 Å². The highest BCUT2D eigenvalue weighted by molar-refractivity contribution is 5.35. The van der Waals surface area contributed by atoms with E-state index in [4.69, 9.17) is 10.5 Å². The van der Waals surface area contributed by atoms with Gasteiger partial charge in [0, 0.05) is 11.6 Å². The molecule has 0 radical (unpaired) electrons. The lowest BCUT2D eigenvalue weighted by Crippen LogP contribution is -2.18. The van der Waals surface area contributed by atoms with E-state index in [1.54, 1.807) is 0 Å². The Morgan fingerprint density at radius 2 is 1.94 bits per heavy atom. The molecule has 0 amide bonds. The number of aliphatic hydroxyl groups is 1. The van der Waals surface area contributed by atoms with E-state index in [-0.39, 0.29) is 6.04 Å². The number of hydrogen-bond donors (Lipinski definition) is 2. The zero-order valence-electron chi connectivity index (χ0n) is 10.0. The first kappa shape index (κ1) is 13.0. The summed E-state index contributed by atoms with van der Waals surface area (Å²) in [5.41, 5.74) is 7.00. The molecule has 0 fully saturated rings. The summed E-state index contributed by atoms with van der Waals surface area (Å²) in [5, 5.41) is 9.45. The van der Waals surface area contributed by atoms with Crippen LogP contribution in [0, 0.1) is 0 Å². The average Bonchev–Trinajstić information content (AvgIpc) is 2.35. The molecule has 0 aliphatic rings. The van der Waals surface area contributed by atoms with Gasteiger partial charge in [0.15, 0.2) is 0 Å². The summed E-state index contributed by atoms with van der Waals surface area (Å²) in [6.45, 7) is 4.30. The molecule has 0 saturated carbocycles. The summed E-state index contributed by atoms with van der Waals surface area (Å²) >= 11 is 0. The zero-order valence-corrected chi connectivity index (χ0v) is 10.0. The first-order valence-corrected chi connectivity index (χ1v) is 5.84. The van der Waals surface area contributed by atoms with Crippen LogP contribution in [0.5, 0.6) is 5.75 Å². The van der Waals surface area contributed by atoms with E-state index in [2.05, 4.69) is 0 Å². The predicted molar refractivity (Wildman–Crippen MR) is 65.5 cm³/mol. The maximum Gasteiger partial charge on any atom is 0.124 e. The Kier molecular flexibility index (Phi) is 5.29. The van der Waals surface area contributed by atoms with Crippen molar-refractivity contribution < 1.29 is 9.84 Å². The molecule has 1 aromatic rings. The van der Waals surface area contributed by atoms with Gasteiger partial charge in [0.05, 0.1) is 6.10 Å². The minimum absolute atomic E-state index is 0.00466. The van der Waals surface area contributed by atoms with Crippen LogP contribution in [-0.2, 0) is 0 Å². The molecule has 3 nitrogen and oxygen atoms in total. The summed E-state index contributed by atoms with van der Waals surface area (Å²) in [4.78, 5) is 0. The Morgan fingerprint density at radius 1 is 1.25 bits per heavy atom. The smallest absolute Gasteiger partial charge is 0.124 e.